The van der Waals surface area contributed by atoms with E-state index in [1.807, 2.05) is 0 Å². The van der Waals surface area contributed by atoms with Crippen LogP contribution in [0.4, 0.5) is 32.0 Å². The fourth-order valence-corrected chi connectivity index (χ4v) is 4.26. The number of hydrogen-bond acceptors (Lipinski definition) is 4. The molecule has 38 heavy (non-hydrogen) atoms. The van der Waals surface area contributed by atoms with Crippen LogP contribution in [0.5, 0.6) is 0 Å². The quantitative estimate of drug-likeness (QED) is 0.331. The summed E-state index contributed by atoms with van der Waals surface area (Å²) in [6, 6.07) is 2.73. The van der Waals surface area contributed by atoms with Crippen molar-refractivity contribution in [3.63, 3.8) is 0 Å². The number of carbonyl (C=O) groups excluding carboxylic acids is 3. The lowest BCUT2D eigenvalue weighted by Crippen LogP contribution is -2.40. The van der Waals surface area contributed by atoms with Crippen LogP contribution in [0.1, 0.15) is 50.6 Å². The minimum Gasteiger partial charge on any atom is -0.461 e. The molecule has 0 radical (unpaired) electrons. The smallest absolute Gasteiger partial charge is 0.416 e. The van der Waals surface area contributed by atoms with E-state index in [-0.39, 0.29) is 29.0 Å². The molecule has 0 spiro atoms. The summed E-state index contributed by atoms with van der Waals surface area (Å²) in [5, 5.41) is 4.46. The summed E-state index contributed by atoms with van der Waals surface area (Å²) in [6.07, 6.45) is -4.99. The summed E-state index contributed by atoms with van der Waals surface area (Å²) in [7, 11) is 0. The van der Waals surface area contributed by atoms with Crippen LogP contribution in [0.25, 0.3) is 0 Å². The average Bonchev–Trinajstić information content (AvgIpc) is 3.10. The van der Waals surface area contributed by atoms with E-state index >= 15 is 4.39 Å². The Kier molecular flexibility index (Phi) is 7.15. The van der Waals surface area contributed by atoms with E-state index in [0.717, 1.165) is 22.8 Å². The molecule has 1 aliphatic heterocycles. The lowest BCUT2D eigenvalue weighted by molar-refractivity contribution is -0.137. The Hall–Kier alpha value is -4.00. The number of nitrogens with zero attached hydrogens (tertiary/aromatic N) is 1. The fourth-order valence-electron chi connectivity index (χ4n) is 4.04. The van der Waals surface area contributed by atoms with Crippen LogP contribution in [-0.2, 0) is 22.3 Å². The molecule has 2 aromatic carbocycles. The number of amides is 2. The molecule has 2 amide bonds. The number of fused-ring (bicyclic) bond motifs is 1. The molecule has 0 fully saturated rings. The first-order valence-electron chi connectivity index (χ1n) is 10.8. The predicted molar refractivity (Wildman–Crippen MR) is 121 cm³/mol. The Morgan fingerprint density at radius 3 is 2.50 bits per heavy atom. The van der Waals surface area contributed by atoms with Gasteiger partial charge in [0, 0.05) is 16.1 Å². The van der Waals surface area contributed by atoms with Gasteiger partial charge in [0.1, 0.15) is 23.9 Å². The van der Waals surface area contributed by atoms with Crippen molar-refractivity contribution in [3.05, 3.63) is 87.0 Å². The Morgan fingerprint density at radius 1 is 1.13 bits per heavy atom. The van der Waals surface area contributed by atoms with Crippen molar-refractivity contribution >= 4 is 35.1 Å². The molecule has 14 heteroatoms. The van der Waals surface area contributed by atoms with Crippen molar-refractivity contribution in [1.29, 1.82) is 0 Å². The van der Waals surface area contributed by atoms with Gasteiger partial charge in [0.2, 0.25) is 5.91 Å². The van der Waals surface area contributed by atoms with Crippen molar-refractivity contribution in [1.82, 2.24) is 9.88 Å². The van der Waals surface area contributed by atoms with Crippen molar-refractivity contribution < 1.29 is 45.5 Å². The molecule has 1 aliphatic rings. The van der Waals surface area contributed by atoms with E-state index in [2.05, 4.69) is 10.6 Å². The molecule has 1 unspecified atom stereocenters. The molecular weight excluding hydrogens is 544 g/mol. The zero-order valence-electron chi connectivity index (χ0n) is 19.2. The van der Waals surface area contributed by atoms with E-state index in [1.165, 1.54) is 6.92 Å². The van der Waals surface area contributed by atoms with Crippen LogP contribution in [0.2, 0.25) is 5.02 Å². The first-order chi connectivity index (χ1) is 17.8. The molecule has 7 nitrogen and oxygen atoms in total. The Balaban J connectivity index is 1.90. The summed E-state index contributed by atoms with van der Waals surface area (Å²) < 4.78 is 88.9. The van der Waals surface area contributed by atoms with Crippen LogP contribution in [-0.4, -0.2) is 29.0 Å². The molecule has 4 rings (SSSR count). The van der Waals surface area contributed by atoms with Crippen molar-refractivity contribution in [2.45, 2.75) is 25.7 Å². The standard InChI is InChI=1S/C24H16ClF6N3O4/c1-2-38-23(37)20-17(28)19(33-22(36)10-5-11(24(29,30)31)7-13(27)6-10)21-18(32-16(35)9-34(20)21)14-8-12(26)3-4-15(14)25/h3-8,18H,2,9H2,1H3,(H,32,35)(H,33,36). The number of carbonyl (C=O) groups is 3. The first kappa shape index (κ1) is 27.0. The van der Waals surface area contributed by atoms with Crippen molar-refractivity contribution in [2.24, 2.45) is 0 Å². The lowest BCUT2D eigenvalue weighted by Gasteiger charge is -2.28. The number of alkyl halides is 3. The number of aromatic nitrogens is 1. The number of nitrogens with one attached hydrogen (secondary N) is 2. The molecule has 2 N–H and O–H groups in total. The summed E-state index contributed by atoms with van der Waals surface area (Å²) in [4.78, 5) is 38.0. The molecule has 1 aromatic heterocycles. The zero-order valence-corrected chi connectivity index (χ0v) is 19.9. The molecule has 1 atom stereocenters. The van der Waals surface area contributed by atoms with E-state index < -0.39 is 76.5 Å². The SMILES string of the molecule is CCOC(=O)c1c(F)c(NC(=O)c2cc(F)cc(C(F)(F)F)c2)c2n1CC(=O)NC2c1cc(F)ccc1Cl. The van der Waals surface area contributed by atoms with E-state index in [0.29, 0.717) is 12.1 Å². The molecule has 0 aliphatic carbocycles. The van der Waals surface area contributed by atoms with Gasteiger partial charge in [0.05, 0.1) is 23.9 Å². The third-order valence-electron chi connectivity index (χ3n) is 5.59. The molecule has 0 saturated heterocycles. The molecule has 2 heterocycles. The topological polar surface area (TPSA) is 89.4 Å². The molecular formula is C24H16ClF6N3O4. The minimum atomic E-state index is -4.99. The number of anilines is 1. The van der Waals surface area contributed by atoms with Crippen molar-refractivity contribution in [2.75, 3.05) is 11.9 Å². The number of rotatable bonds is 5. The van der Waals surface area contributed by atoms with Gasteiger partial charge in [-0.15, -0.1) is 0 Å². The highest BCUT2D eigenvalue weighted by Gasteiger charge is 2.39. The second kappa shape index (κ2) is 10.0. The van der Waals surface area contributed by atoms with Gasteiger partial charge >= 0.3 is 12.1 Å². The van der Waals surface area contributed by atoms with Crippen LogP contribution < -0.4 is 10.6 Å². The second-order valence-electron chi connectivity index (χ2n) is 8.08. The van der Waals surface area contributed by atoms with Crippen molar-refractivity contribution in [3.8, 4) is 0 Å². The Labute approximate surface area is 215 Å². The summed E-state index contributed by atoms with van der Waals surface area (Å²) in [5.41, 5.74) is -4.14. The lowest BCUT2D eigenvalue weighted by atomic mass is 10.00. The highest BCUT2D eigenvalue weighted by atomic mass is 35.5. The maximum absolute atomic E-state index is 15.7. The molecule has 0 bridgehead atoms. The van der Waals surface area contributed by atoms with E-state index in [1.54, 1.807) is 0 Å². The van der Waals surface area contributed by atoms with Gasteiger partial charge in [-0.05, 0) is 43.3 Å². The normalized spacial score (nSPS) is 15.1. The van der Waals surface area contributed by atoms with E-state index in [9.17, 15) is 36.3 Å². The van der Waals surface area contributed by atoms with Gasteiger partial charge in [0.25, 0.3) is 5.91 Å². The Bertz CT molecular complexity index is 1470. The van der Waals surface area contributed by atoms with Gasteiger partial charge in [-0.3, -0.25) is 9.59 Å². The minimum absolute atomic E-state index is 0.0679. The largest absolute Gasteiger partial charge is 0.461 e. The zero-order chi connectivity index (χ0) is 27.9. The maximum atomic E-state index is 15.7. The van der Waals surface area contributed by atoms with E-state index in [4.69, 9.17) is 16.3 Å². The summed E-state index contributed by atoms with van der Waals surface area (Å²) in [6.45, 7) is 0.621. The Morgan fingerprint density at radius 2 is 1.84 bits per heavy atom. The summed E-state index contributed by atoms with van der Waals surface area (Å²) >= 11 is 6.19. The van der Waals surface area contributed by atoms with Crippen LogP contribution in [0.15, 0.2) is 36.4 Å². The number of halogens is 7. The van der Waals surface area contributed by atoms with Crippen LogP contribution in [0, 0.1) is 17.5 Å². The number of ether oxygens (including phenoxy) is 1. The fraction of sp³-hybridized carbons (Fsp3) is 0.208. The maximum Gasteiger partial charge on any atom is 0.416 e. The summed E-state index contributed by atoms with van der Waals surface area (Å²) in [5.74, 6) is -6.85. The van der Waals surface area contributed by atoms with Gasteiger partial charge < -0.3 is 19.9 Å². The van der Waals surface area contributed by atoms with Gasteiger partial charge in [-0.25, -0.2) is 18.0 Å². The molecule has 200 valence electrons. The number of esters is 1. The molecule has 3 aromatic rings. The highest BCUT2D eigenvalue weighted by Crippen LogP contribution is 2.40. The van der Waals surface area contributed by atoms with Gasteiger partial charge in [-0.2, -0.15) is 13.2 Å². The predicted octanol–water partition coefficient (Wildman–Crippen LogP) is 5.23. The highest BCUT2D eigenvalue weighted by molar-refractivity contribution is 6.31. The number of hydrogen-bond donors (Lipinski definition) is 2. The van der Waals surface area contributed by atoms with Gasteiger partial charge in [0.15, 0.2) is 11.5 Å². The van der Waals surface area contributed by atoms with Gasteiger partial charge in [-0.1, -0.05) is 11.6 Å². The molecule has 0 saturated carbocycles. The first-order valence-corrected chi connectivity index (χ1v) is 11.2. The monoisotopic (exact) mass is 559 g/mol. The second-order valence-corrected chi connectivity index (χ2v) is 8.48. The third-order valence-corrected chi connectivity index (χ3v) is 5.93. The average molecular weight is 560 g/mol. The third kappa shape index (κ3) is 5.05. The number of benzene rings is 2. The van der Waals surface area contributed by atoms with Crippen LogP contribution in [0.3, 0.4) is 0 Å². The van der Waals surface area contributed by atoms with Crippen LogP contribution >= 0.6 is 11.6 Å².